The first-order valence-corrected chi connectivity index (χ1v) is 6.55. The molecule has 1 aromatic rings. The van der Waals surface area contributed by atoms with Gasteiger partial charge < -0.3 is 30.1 Å². The van der Waals surface area contributed by atoms with E-state index in [9.17, 15) is 15.3 Å². The van der Waals surface area contributed by atoms with Gasteiger partial charge in [-0.3, -0.25) is 0 Å². The lowest BCUT2D eigenvalue weighted by Crippen LogP contribution is -2.61. The van der Waals surface area contributed by atoms with Crippen LogP contribution in [-0.4, -0.2) is 59.7 Å². The number of benzene rings is 1. The Morgan fingerprint density at radius 3 is 2.65 bits per heavy atom. The molecule has 6 heteroatoms. The molecule has 5 atom stereocenters. The van der Waals surface area contributed by atoms with Gasteiger partial charge in [-0.15, -0.1) is 0 Å². The molecule has 0 spiro atoms. The van der Waals surface area contributed by atoms with Crippen LogP contribution >= 0.6 is 0 Å². The summed E-state index contributed by atoms with van der Waals surface area (Å²) in [5.74, 6) is 0. The van der Waals surface area contributed by atoms with Crippen molar-refractivity contribution in [1.82, 2.24) is 0 Å². The molecule has 1 aromatic carbocycles. The van der Waals surface area contributed by atoms with Crippen LogP contribution in [0.5, 0.6) is 0 Å². The zero-order chi connectivity index (χ0) is 14.7. The van der Waals surface area contributed by atoms with Crippen molar-refractivity contribution in [2.75, 3.05) is 19.0 Å². The van der Waals surface area contributed by atoms with Crippen LogP contribution in [0.1, 0.15) is 5.56 Å². The van der Waals surface area contributed by atoms with E-state index in [1.54, 1.807) is 0 Å². The highest BCUT2D eigenvalue weighted by Gasteiger charge is 2.44. The fourth-order valence-corrected chi connectivity index (χ4v) is 2.38. The van der Waals surface area contributed by atoms with Gasteiger partial charge in [-0.25, -0.2) is 0 Å². The number of anilines is 1. The summed E-state index contributed by atoms with van der Waals surface area (Å²) >= 11 is 0. The molecule has 20 heavy (non-hydrogen) atoms. The number of ether oxygens (including phenoxy) is 2. The number of rotatable bonds is 4. The highest BCUT2D eigenvalue weighted by atomic mass is 16.7. The number of nitrogens with one attached hydrogen (secondary N) is 1. The minimum atomic E-state index is -1.04. The second-order valence-corrected chi connectivity index (χ2v) is 4.98. The van der Waals surface area contributed by atoms with Gasteiger partial charge in [-0.05, 0) is 24.6 Å². The second kappa shape index (κ2) is 6.51. The van der Waals surface area contributed by atoms with Gasteiger partial charge in [0.2, 0.25) is 0 Å². The Hall–Kier alpha value is -1.18. The molecule has 1 fully saturated rings. The zero-order valence-corrected chi connectivity index (χ0v) is 11.6. The molecule has 2 rings (SSSR count). The van der Waals surface area contributed by atoms with Crippen LogP contribution in [0.2, 0.25) is 0 Å². The Morgan fingerprint density at radius 1 is 1.30 bits per heavy atom. The van der Waals surface area contributed by atoms with Crippen molar-refractivity contribution in [3.05, 3.63) is 29.8 Å². The van der Waals surface area contributed by atoms with E-state index in [0.29, 0.717) is 0 Å². The van der Waals surface area contributed by atoms with Gasteiger partial charge >= 0.3 is 0 Å². The summed E-state index contributed by atoms with van der Waals surface area (Å²) in [7, 11) is 1.41. The summed E-state index contributed by atoms with van der Waals surface area (Å²) in [6.45, 7) is 1.61. The number of aliphatic hydroxyl groups excluding tert-OH is 3. The van der Waals surface area contributed by atoms with Crippen molar-refractivity contribution in [2.24, 2.45) is 0 Å². The third-order valence-electron chi connectivity index (χ3n) is 3.47. The molecule has 1 aliphatic heterocycles. The zero-order valence-electron chi connectivity index (χ0n) is 11.6. The van der Waals surface area contributed by atoms with Crippen LogP contribution in [0.4, 0.5) is 5.69 Å². The molecule has 0 unspecified atom stereocenters. The van der Waals surface area contributed by atoms with Crippen LogP contribution in [0.25, 0.3) is 0 Å². The lowest BCUT2D eigenvalue weighted by atomic mass is 9.96. The normalized spacial score (nSPS) is 34.0. The third kappa shape index (κ3) is 3.11. The molecule has 4 N–H and O–H groups in total. The molecule has 1 saturated heterocycles. The van der Waals surface area contributed by atoms with Crippen molar-refractivity contribution in [1.29, 1.82) is 0 Å². The number of aliphatic hydroxyl groups is 3. The fraction of sp³-hybridized carbons (Fsp3) is 0.571. The van der Waals surface area contributed by atoms with Crippen LogP contribution in [0.15, 0.2) is 24.3 Å². The maximum atomic E-state index is 10.2. The molecule has 1 aliphatic rings. The van der Waals surface area contributed by atoms with E-state index in [-0.39, 0.29) is 6.61 Å². The Kier molecular flexibility index (Phi) is 4.95. The molecule has 0 aromatic heterocycles. The summed E-state index contributed by atoms with van der Waals surface area (Å²) in [6, 6.07) is 6.90. The Morgan fingerprint density at radius 2 is 2.05 bits per heavy atom. The van der Waals surface area contributed by atoms with Crippen LogP contribution < -0.4 is 5.32 Å². The maximum Gasteiger partial charge on any atom is 0.185 e. The van der Waals surface area contributed by atoms with Gasteiger partial charge in [0.05, 0.1) is 12.6 Å². The summed E-state index contributed by atoms with van der Waals surface area (Å²) in [6.07, 6.45) is -3.77. The molecule has 6 nitrogen and oxygen atoms in total. The maximum absolute atomic E-state index is 10.2. The van der Waals surface area contributed by atoms with Crippen molar-refractivity contribution in [2.45, 2.75) is 37.6 Å². The first-order chi connectivity index (χ1) is 9.56. The van der Waals surface area contributed by atoms with E-state index in [1.165, 1.54) is 7.11 Å². The second-order valence-electron chi connectivity index (χ2n) is 4.98. The summed E-state index contributed by atoms with van der Waals surface area (Å²) in [4.78, 5) is 0. The third-order valence-corrected chi connectivity index (χ3v) is 3.47. The molecule has 0 aliphatic carbocycles. The van der Waals surface area contributed by atoms with Gasteiger partial charge in [-0.1, -0.05) is 12.1 Å². The van der Waals surface area contributed by atoms with E-state index in [4.69, 9.17) is 9.47 Å². The minimum Gasteiger partial charge on any atom is -0.394 e. The Balaban J connectivity index is 2.17. The molecule has 0 saturated carbocycles. The van der Waals surface area contributed by atoms with Gasteiger partial charge in [0.25, 0.3) is 0 Å². The average molecular weight is 283 g/mol. The number of hydrogen-bond donors (Lipinski definition) is 4. The monoisotopic (exact) mass is 283 g/mol. The van der Waals surface area contributed by atoms with Crippen molar-refractivity contribution in [3.8, 4) is 0 Å². The molecular weight excluding hydrogens is 262 g/mol. The highest BCUT2D eigenvalue weighted by molar-refractivity contribution is 5.47. The van der Waals surface area contributed by atoms with Gasteiger partial charge in [0, 0.05) is 12.8 Å². The molecular formula is C14H21NO5. The van der Waals surface area contributed by atoms with Gasteiger partial charge in [0.15, 0.2) is 6.29 Å². The molecule has 0 bridgehead atoms. The van der Waals surface area contributed by atoms with E-state index < -0.39 is 30.6 Å². The molecule has 112 valence electrons. The van der Waals surface area contributed by atoms with Gasteiger partial charge in [0.1, 0.15) is 18.3 Å². The Labute approximate surface area is 118 Å². The molecule has 1 heterocycles. The van der Waals surface area contributed by atoms with E-state index in [0.717, 1.165) is 11.3 Å². The first-order valence-electron chi connectivity index (χ1n) is 6.55. The van der Waals surface area contributed by atoms with Crippen molar-refractivity contribution in [3.63, 3.8) is 0 Å². The summed E-state index contributed by atoms with van der Waals surface area (Å²) in [5, 5.41) is 32.7. The number of hydrogen-bond acceptors (Lipinski definition) is 6. The average Bonchev–Trinajstić information content (AvgIpc) is 2.44. The van der Waals surface area contributed by atoms with Gasteiger partial charge in [-0.2, -0.15) is 0 Å². The van der Waals surface area contributed by atoms with E-state index >= 15 is 0 Å². The van der Waals surface area contributed by atoms with E-state index in [2.05, 4.69) is 5.32 Å². The largest absolute Gasteiger partial charge is 0.394 e. The SMILES string of the molecule is CO[C@@H]1O[C@H](CO)[C@H](O)[C@H](Nc2cccc(C)c2)[C@H]1O. The smallest absolute Gasteiger partial charge is 0.185 e. The quantitative estimate of drug-likeness (QED) is 0.615. The number of methoxy groups -OCH3 is 1. The minimum absolute atomic E-state index is 0.347. The van der Waals surface area contributed by atoms with Crippen LogP contribution in [-0.2, 0) is 9.47 Å². The highest BCUT2D eigenvalue weighted by Crippen LogP contribution is 2.24. The standard InChI is InChI=1S/C14H21NO5/c1-8-4-3-5-9(6-8)15-11-12(17)10(7-16)20-14(19-2)13(11)18/h3-6,10-18H,7H2,1-2H3/t10-,11+,12+,13-,14-/m1/s1. The predicted octanol–water partition coefficient (Wildman–Crippen LogP) is -0.139. The lowest BCUT2D eigenvalue weighted by molar-refractivity contribution is -0.265. The first kappa shape index (κ1) is 15.2. The molecule has 0 amide bonds. The Bertz CT molecular complexity index is 425. The summed E-state index contributed by atoms with van der Waals surface area (Å²) < 4.78 is 10.3. The fourth-order valence-electron chi connectivity index (χ4n) is 2.38. The van der Waals surface area contributed by atoms with Crippen molar-refractivity contribution >= 4 is 5.69 Å². The van der Waals surface area contributed by atoms with E-state index in [1.807, 2.05) is 31.2 Å². The topological polar surface area (TPSA) is 91.2 Å². The summed E-state index contributed by atoms with van der Waals surface area (Å²) in [5.41, 5.74) is 1.84. The predicted molar refractivity (Wildman–Crippen MR) is 73.4 cm³/mol. The van der Waals surface area contributed by atoms with Crippen LogP contribution in [0, 0.1) is 6.92 Å². The lowest BCUT2D eigenvalue weighted by Gasteiger charge is -2.42. The van der Waals surface area contributed by atoms with Crippen LogP contribution in [0.3, 0.4) is 0 Å². The van der Waals surface area contributed by atoms with Crippen molar-refractivity contribution < 1.29 is 24.8 Å². The molecule has 0 radical (unpaired) electrons. The number of aryl methyl sites for hydroxylation is 1.